The number of rotatable bonds is 3. The summed E-state index contributed by atoms with van der Waals surface area (Å²) in [5, 5.41) is 0. The first-order chi connectivity index (χ1) is 6.91. The largest absolute Gasteiger partial charge is 0.450 e. The van der Waals surface area contributed by atoms with E-state index in [4.69, 9.17) is 0 Å². The van der Waals surface area contributed by atoms with E-state index in [9.17, 15) is 22.8 Å². The Hall–Kier alpha value is -1.72. The summed E-state index contributed by atoms with van der Waals surface area (Å²) >= 11 is 0. The van der Waals surface area contributed by atoms with Gasteiger partial charge in [-0.2, -0.15) is 13.2 Å². The van der Waals surface area contributed by atoms with Crippen molar-refractivity contribution in [1.82, 2.24) is 0 Å². The number of Topliss-reactive ketones (excluding diaryl/α,β-unsaturated/α-hetero) is 2. The van der Waals surface area contributed by atoms with E-state index in [1.807, 2.05) is 0 Å². The van der Waals surface area contributed by atoms with E-state index in [-0.39, 0.29) is 10.3 Å². The van der Waals surface area contributed by atoms with Crippen LogP contribution in [0.4, 0.5) is 17.9 Å². The van der Waals surface area contributed by atoms with E-state index in [1.165, 1.54) is 24.3 Å². The summed E-state index contributed by atoms with van der Waals surface area (Å²) < 4.78 is 35.5. The predicted molar refractivity (Wildman–Crippen MR) is 49.0 cm³/mol. The molecule has 0 radical (unpaired) electrons. The zero-order chi connectivity index (χ0) is 11.5. The van der Waals surface area contributed by atoms with Crippen LogP contribution in [0.15, 0.2) is 30.3 Å². The van der Waals surface area contributed by atoms with Gasteiger partial charge in [-0.3, -0.25) is 14.3 Å². The molecule has 88 valence electrons. The minimum absolute atomic E-state index is 0. The number of alkyl halides is 3. The van der Waals surface area contributed by atoms with Crippen LogP contribution in [0, 0.1) is 0 Å². The standard InChI is InChI=1S/C10H7F3O2.FH/c11-10(12,13)9(15)6-8(14)7-4-2-1-3-5-7;/h1-5H,6H2;1H. The first kappa shape index (κ1) is 14.3. The number of hydrogen-bond donors (Lipinski definition) is 0. The fourth-order valence-corrected chi connectivity index (χ4v) is 0.972. The third-order valence-electron chi connectivity index (χ3n) is 1.73. The molecule has 0 bridgehead atoms. The summed E-state index contributed by atoms with van der Waals surface area (Å²) in [6, 6.07) is 7.40. The molecule has 0 heterocycles. The number of ketones is 2. The number of carbonyl (C=O) groups excluding carboxylic acids is 2. The number of halogens is 4. The Morgan fingerprint density at radius 3 is 2.00 bits per heavy atom. The van der Waals surface area contributed by atoms with Crippen molar-refractivity contribution in [3.8, 4) is 0 Å². The average Bonchev–Trinajstić information content (AvgIpc) is 2.17. The number of hydrogen-bond acceptors (Lipinski definition) is 2. The third-order valence-corrected chi connectivity index (χ3v) is 1.73. The second-order valence-electron chi connectivity index (χ2n) is 2.89. The third kappa shape index (κ3) is 3.80. The maximum Gasteiger partial charge on any atom is 0.450 e. The molecular formula is C10H8F4O2. The second-order valence-corrected chi connectivity index (χ2v) is 2.89. The van der Waals surface area contributed by atoms with E-state index in [0.717, 1.165) is 0 Å². The minimum atomic E-state index is -4.94. The van der Waals surface area contributed by atoms with Gasteiger partial charge in [0.1, 0.15) is 0 Å². The smallest absolute Gasteiger partial charge is 0.294 e. The van der Waals surface area contributed by atoms with Crippen molar-refractivity contribution in [2.75, 3.05) is 0 Å². The fraction of sp³-hybridized carbons (Fsp3) is 0.200. The lowest BCUT2D eigenvalue weighted by Crippen LogP contribution is -2.25. The van der Waals surface area contributed by atoms with E-state index < -0.39 is 24.2 Å². The van der Waals surface area contributed by atoms with Crippen molar-refractivity contribution < 1.29 is 27.5 Å². The lowest BCUT2D eigenvalue weighted by Gasteiger charge is -2.03. The van der Waals surface area contributed by atoms with Gasteiger partial charge in [-0.1, -0.05) is 30.3 Å². The highest BCUT2D eigenvalue weighted by Gasteiger charge is 2.39. The summed E-state index contributed by atoms with van der Waals surface area (Å²) in [6.45, 7) is 0. The van der Waals surface area contributed by atoms with Gasteiger partial charge in [-0.25, -0.2) is 0 Å². The molecule has 1 rings (SSSR count). The van der Waals surface area contributed by atoms with Gasteiger partial charge in [-0.15, -0.1) is 0 Å². The monoisotopic (exact) mass is 236 g/mol. The minimum Gasteiger partial charge on any atom is -0.294 e. The molecule has 6 heteroatoms. The van der Waals surface area contributed by atoms with Gasteiger partial charge >= 0.3 is 6.18 Å². The molecular weight excluding hydrogens is 228 g/mol. The first-order valence-corrected chi connectivity index (χ1v) is 4.09. The van der Waals surface area contributed by atoms with Crippen LogP contribution in [0.5, 0.6) is 0 Å². The SMILES string of the molecule is F.O=C(CC(=O)C(F)(F)F)c1ccccc1. The molecule has 0 unspecified atom stereocenters. The van der Waals surface area contributed by atoms with E-state index in [1.54, 1.807) is 6.07 Å². The molecule has 0 aliphatic rings. The van der Waals surface area contributed by atoms with Crippen LogP contribution >= 0.6 is 0 Å². The highest BCUT2D eigenvalue weighted by Crippen LogP contribution is 2.19. The molecule has 0 aromatic heterocycles. The van der Waals surface area contributed by atoms with Crippen molar-refractivity contribution in [3.63, 3.8) is 0 Å². The zero-order valence-corrected chi connectivity index (χ0v) is 7.95. The Labute approximate surface area is 88.4 Å². The van der Waals surface area contributed by atoms with Gasteiger partial charge < -0.3 is 0 Å². The van der Waals surface area contributed by atoms with Crippen LogP contribution in [-0.4, -0.2) is 17.7 Å². The van der Waals surface area contributed by atoms with Gasteiger partial charge in [0.05, 0.1) is 6.42 Å². The Bertz CT molecular complexity index is 370. The van der Waals surface area contributed by atoms with E-state index in [2.05, 4.69) is 0 Å². The molecule has 0 fully saturated rings. The van der Waals surface area contributed by atoms with Crippen LogP contribution < -0.4 is 0 Å². The quantitative estimate of drug-likeness (QED) is 0.459. The van der Waals surface area contributed by atoms with Crippen LogP contribution in [0.2, 0.25) is 0 Å². The van der Waals surface area contributed by atoms with Crippen LogP contribution in [0.3, 0.4) is 0 Å². The lowest BCUT2D eigenvalue weighted by atomic mass is 10.1. The molecule has 2 nitrogen and oxygen atoms in total. The van der Waals surface area contributed by atoms with Crippen LogP contribution in [-0.2, 0) is 4.79 Å². The van der Waals surface area contributed by atoms with Crippen LogP contribution in [0.25, 0.3) is 0 Å². The number of benzene rings is 1. The van der Waals surface area contributed by atoms with E-state index in [0.29, 0.717) is 0 Å². The highest BCUT2D eigenvalue weighted by molar-refractivity contribution is 6.09. The molecule has 1 aromatic carbocycles. The predicted octanol–water partition coefficient (Wildman–Crippen LogP) is 2.54. The molecule has 0 aliphatic heterocycles. The molecule has 16 heavy (non-hydrogen) atoms. The van der Waals surface area contributed by atoms with Crippen molar-refractivity contribution >= 4 is 11.6 Å². The van der Waals surface area contributed by atoms with Crippen molar-refractivity contribution in [1.29, 1.82) is 0 Å². The molecule has 1 aromatic rings. The Morgan fingerprint density at radius 2 is 1.56 bits per heavy atom. The normalized spacial score (nSPS) is 10.4. The second kappa shape index (κ2) is 5.39. The summed E-state index contributed by atoms with van der Waals surface area (Å²) in [5.74, 6) is -2.84. The van der Waals surface area contributed by atoms with Crippen molar-refractivity contribution in [2.24, 2.45) is 0 Å². The highest BCUT2D eigenvalue weighted by atomic mass is 19.4. The average molecular weight is 236 g/mol. The van der Waals surface area contributed by atoms with Gasteiger partial charge in [0, 0.05) is 5.56 Å². The zero-order valence-electron chi connectivity index (χ0n) is 7.95. The molecule has 0 spiro atoms. The lowest BCUT2D eigenvalue weighted by molar-refractivity contribution is -0.170. The molecule has 0 aliphatic carbocycles. The van der Waals surface area contributed by atoms with Crippen molar-refractivity contribution in [3.05, 3.63) is 35.9 Å². The maximum atomic E-state index is 11.8. The first-order valence-electron chi connectivity index (χ1n) is 4.09. The molecule has 0 amide bonds. The summed E-state index contributed by atoms with van der Waals surface area (Å²) in [6.07, 6.45) is -6.07. The van der Waals surface area contributed by atoms with Crippen LogP contribution in [0.1, 0.15) is 16.8 Å². The summed E-state index contributed by atoms with van der Waals surface area (Å²) in [4.78, 5) is 21.7. The Balaban J connectivity index is 0.00000225. The van der Waals surface area contributed by atoms with Crippen molar-refractivity contribution in [2.45, 2.75) is 12.6 Å². The Morgan fingerprint density at radius 1 is 1.06 bits per heavy atom. The molecule has 0 saturated heterocycles. The summed E-state index contributed by atoms with van der Waals surface area (Å²) in [5.41, 5.74) is 0.107. The topological polar surface area (TPSA) is 34.1 Å². The van der Waals surface area contributed by atoms with Gasteiger partial charge in [0.15, 0.2) is 5.78 Å². The van der Waals surface area contributed by atoms with Gasteiger partial charge in [-0.05, 0) is 0 Å². The van der Waals surface area contributed by atoms with Gasteiger partial charge in [0.2, 0.25) is 5.78 Å². The Kier molecular flexibility index (Phi) is 4.81. The molecule has 0 atom stereocenters. The number of carbonyl (C=O) groups is 2. The summed E-state index contributed by atoms with van der Waals surface area (Å²) in [7, 11) is 0. The molecule has 0 N–H and O–H groups in total. The fourth-order valence-electron chi connectivity index (χ4n) is 0.972. The van der Waals surface area contributed by atoms with E-state index >= 15 is 0 Å². The van der Waals surface area contributed by atoms with Gasteiger partial charge in [0.25, 0.3) is 0 Å². The maximum absolute atomic E-state index is 11.8. The molecule has 0 saturated carbocycles.